The highest BCUT2D eigenvalue weighted by Crippen LogP contribution is 2.23. The number of carbonyl (C=O) groups is 1. The van der Waals surface area contributed by atoms with Gasteiger partial charge in [0.1, 0.15) is 5.75 Å². The van der Waals surface area contributed by atoms with Gasteiger partial charge >= 0.3 is 6.03 Å². The molecule has 0 saturated heterocycles. The van der Waals surface area contributed by atoms with E-state index >= 15 is 0 Å². The zero-order valence-corrected chi connectivity index (χ0v) is 15.0. The number of urea groups is 1. The second-order valence-electron chi connectivity index (χ2n) is 6.19. The summed E-state index contributed by atoms with van der Waals surface area (Å²) in [7, 11) is 0. The summed E-state index contributed by atoms with van der Waals surface area (Å²) in [6.45, 7) is 3.06. The lowest BCUT2D eigenvalue weighted by Gasteiger charge is -2.16. The molecule has 0 aliphatic heterocycles. The Kier molecular flexibility index (Phi) is 5.88. The van der Waals surface area contributed by atoms with Gasteiger partial charge in [-0.15, -0.1) is 0 Å². The van der Waals surface area contributed by atoms with Crippen LogP contribution in [0.3, 0.4) is 0 Å². The molecule has 1 aliphatic carbocycles. The minimum atomic E-state index is -0.344. The number of carbonyl (C=O) groups excluding carboxylic acids is 1. The van der Waals surface area contributed by atoms with Crippen molar-refractivity contribution in [1.29, 1.82) is 0 Å². The van der Waals surface area contributed by atoms with Crippen molar-refractivity contribution < 1.29 is 9.53 Å². The molecule has 1 aliphatic rings. The molecule has 2 amide bonds. The monoisotopic (exact) mass is 356 g/mol. The molecule has 2 N–H and O–H groups in total. The summed E-state index contributed by atoms with van der Waals surface area (Å²) in [5.74, 6) is 0.623. The van der Waals surface area contributed by atoms with Crippen molar-refractivity contribution >= 4 is 11.7 Å². The molecule has 7 nitrogen and oxygen atoms in total. The summed E-state index contributed by atoms with van der Waals surface area (Å²) in [6, 6.07) is 8.59. The average Bonchev–Trinajstić information content (AvgIpc) is 2.64. The van der Waals surface area contributed by atoms with Gasteiger partial charge in [-0.05, 0) is 50.3 Å². The number of aromatic nitrogens is 2. The molecule has 0 unspecified atom stereocenters. The van der Waals surface area contributed by atoms with E-state index in [4.69, 9.17) is 4.74 Å². The van der Waals surface area contributed by atoms with Gasteiger partial charge in [0.2, 0.25) is 0 Å². The third-order valence-corrected chi connectivity index (χ3v) is 4.32. The number of aryl methyl sites for hydroxylation is 2. The largest absolute Gasteiger partial charge is 0.492 e. The highest BCUT2D eigenvalue weighted by atomic mass is 16.5. The fourth-order valence-corrected chi connectivity index (χ4v) is 3.05. The number of amides is 2. The lowest BCUT2D eigenvalue weighted by atomic mass is 9.97. The van der Waals surface area contributed by atoms with Gasteiger partial charge in [0, 0.05) is 12.6 Å². The summed E-state index contributed by atoms with van der Waals surface area (Å²) >= 11 is 0. The number of benzene rings is 1. The number of para-hydroxylation sites is 2. The summed E-state index contributed by atoms with van der Waals surface area (Å²) in [4.78, 5) is 24.2. The topological polar surface area (TPSA) is 85.2 Å². The first-order chi connectivity index (χ1) is 12.7. The van der Waals surface area contributed by atoms with Crippen LogP contribution >= 0.6 is 0 Å². The molecule has 1 heterocycles. The Morgan fingerprint density at radius 3 is 2.92 bits per heavy atom. The molecular weight excluding hydrogens is 332 g/mol. The second kappa shape index (κ2) is 8.51. The van der Waals surface area contributed by atoms with Crippen LogP contribution in [-0.2, 0) is 19.4 Å². The van der Waals surface area contributed by atoms with Crippen LogP contribution in [-0.4, -0.2) is 29.0 Å². The quantitative estimate of drug-likeness (QED) is 0.832. The Morgan fingerprint density at radius 1 is 1.27 bits per heavy atom. The number of ether oxygens (including phenoxy) is 1. The zero-order valence-electron chi connectivity index (χ0n) is 15.0. The van der Waals surface area contributed by atoms with Crippen LogP contribution in [0.4, 0.5) is 10.5 Å². The number of fused-ring (bicyclic) bond motifs is 1. The van der Waals surface area contributed by atoms with Gasteiger partial charge in [-0.2, -0.15) is 5.10 Å². The highest BCUT2D eigenvalue weighted by Gasteiger charge is 2.13. The SMILES string of the molecule is CCOc1ccccc1NC(=O)NCCn1nc2c(cc1=O)CCCC2. The molecule has 0 bridgehead atoms. The number of nitrogens with zero attached hydrogens (tertiary/aromatic N) is 2. The van der Waals surface area contributed by atoms with Crippen LogP contribution in [0.15, 0.2) is 35.1 Å². The third kappa shape index (κ3) is 4.41. The van der Waals surface area contributed by atoms with Gasteiger partial charge in [-0.1, -0.05) is 12.1 Å². The number of rotatable bonds is 6. The average molecular weight is 356 g/mol. The third-order valence-electron chi connectivity index (χ3n) is 4.32. The fourth-order valence-electron chi connectivity index (χ4n) is 3.05. The molecule has 1 aromatic carbocycles. The Labute approximate surface area is 152 Å². The van der Waals surface area contributed by atoms with Crippen molar-refractivity contribution in [3.05, 3.63) is 51.9 Å². The van der Waals surface area contributed by atoms with E-state index < -0.39 is 0 Å². The molecule has 0 atom stereocenters. The second-order valence-corrected chi connectivity index (χ2v) is 6.19. The van der Waals surface area contributed by atoms with Crippen molar-refractivity contribution in [1.82, 2.24) is 15.1 Å². The van der Waals surface area contributed by atoms with E-state index in [0.29, 0.717) is 31.1 Å². The van der Waals surface area contributed by atoms with E-state index in [1.165, 1.54) is 4.68 Å². The number of hydrogen-bond acceptors (Lipinski definition) is 4. The van der Waals surface area contributed by atoms with Crippen LogP contribution in [0.1, 0.15) is 31.0 Å². The molecule has 0 spiro atoms. The van der Waals surface area contributed by atoms with E-state index in [9.17, 15) is 9.59 Å². The predicted molar refractivity (Wildman–Crippen MR) is 99.8 cm³/mol. The minimum Gasteiger partial charge on any atom is -0.492 e. The number of anilines is 1. The maximum Gasteiger partial charge on any atom is 0.319 e. The Hall–Kier alpha value is -2.83. The molecule has 1 aromatic heterocycles. The smallest absolute Gasteiger partial charge is 0.319 e. The summed E-state index contributed by atoms with van der Waals surface area (Å²) < 4.78 is 6.91. The molecule has 2 aromatic rings. The van der Waals surface area contributed by atoms with Gasteiger partial charge in [-0.25, -0.2) is 9.48 Å². The lowest BCUT2D eigenvalue weighted by molar-refractivity contribution is 0.251. The first-order valence-corrected chi connectivity index (χ1v) is 9.04. The maximum absolute atomic E-state index is 12.1. The van der Waals surface area contributed by atoms with E-state index in [0.717, 1.165) is 36.9 Å². The normalized spacial score (nSPS) is 13.0. The molecule has 26 heavy (non-hydrogen) atoms. The maximum atomic E-state index is 12.1. The van der Waals surface area contributed by atoms with Crippen molar-refractivity contribution in [2.75, 3.05) is 18.5 Å². The van der Waals surface area contributed by atoms with Gasteiger partial charge in [0.15, 0.2) is 0 Å². The standard InChI is InChI=1S/C19H24N4O3/c1-2-26-17-10-6-5-9-16(17)21-19(25)20-11-12-23-18(24)13-14-7-3-4-8-15(14)22-23/h5-6,9-10,13H,2-4,7-8,11-12H2,1H3,(H2,20,21,25). The van der Waals surface area contributed by atoms with E-state index in [1.54, 1.807) is 18.2 Å². The van der Waals surface area contributed by atoms with Gasteiger partial charge < -0.3 is 15.4 Å². The molecule has 0 radical (unpaired) electrons. The van der Waals surface area contributed by atoms with E-state index in [1.807, 2.05) is 19.1 Å². The van der Waals surface area contributed by atoms with E-state index in [-0.39, 0.29) is 11.6 Å². The molecule has 138 valence electrons. The van der Waals surface area contributed by atoms with Gasteiger partial charge in [0.25, 0.3) is 5.56 Å². The summed E-state index contributed by atoms with van der Waals surface area (Å²) in [5.41, 5.74) is 2.56. The van der Waals surface area contributed by atoms with Crippen LogP contribution in [0.2, 0.25) is 0 Å². The van der Waals surface area contributed by atoms with Crippen LogP contribution in [0.5, 0.6) is 5.75 Å². The Balaban J connectivity index is 1.55. The number of nitrogens with one attached hydrogen (secondary N) is 2. The van der Waals surface area contributed by atoms with Crippen LogP contribution in [0.25, 0.3) is 0 Å². The Morgan fingerprint density at radius 2 is 2.08 bits per heavy atom. The minimum absolute atomic E-state index is 0.116. The number of hydrogen-bond donors (Lipinski definition) is 2. The van der Waals surface area contributed by atoms with Crippen LogP contribution < -0.4 is 20.9 Å². The molecule has 7 heteroatoms. The van der Waals surface area contributed by atoms with Crippen molar-refractivity contribution in [2.45, 2.75) is 39.2 Å². The molecule has 0 fully saturated rings. The van der Waals surface area contributed by atoms with Crippen LogP contribution in [0, 0.1) is 0 Å². The molecular formula is C19H24N4O3. The highest BCUT2D eigenvalue weighted by molar-refractivity contribution is 5.90. The van der Waals surface area contributed by atoms with Crippen molar-refractivity contribution in [3.63, 3.8) is 0 Å². The Bertz CT molecular complexity index is 832. The first kappa shape index (κ1) is 18.0. The summed E-state index contributed by atoms with van der Waals surface area (Å²) in [6.07, 6.45) is 4.07. The first-order valence-electron chi connectivity index (χ1n) is 9.04. The summed E-state index contributed by atoms with van der Waals surface area (Å²) in [5, 5.41) is 9.96. The lowest BCUT2D eigenvalue weighted by Crippen LogP contribution is -2.35. The zero-order chi connectivity index (χ0) is 18.4. The van der Waals surface area contributed by atoms with E-state index in [2.05, 4.69) is 15.7 Å². The van der Waals surface area contributed by atoms with Crippen molar-refractivity contribution in [3.8, 4) is 5.75 Å². The van der Waals surface area contributed by atoms with Crippen molar-refractivity contribution in [2.24, 2.45) is 0 Å². The van der Waals surface area contributed by atoms with Gasteiger partial charge in [0.05, 0.1) is 24.5 Å². The van der Waals surface area contributed by atoms with Gasteiger partial charge in [-0.3, -0.25) is 4.79 Å². The molecule has 0 saturated carbocycles. The fraction of sp³-hybridized carbons (Fsp3) is 0.421. The molecule has 3 rings (SSSR count). The predicted octanol–water partition coefficient (Wildman–Crippen LogP) is 2.34.